The first kappa shape index (κ1) is 22.6. The van der Waals surface area contributed by atoms with Crippen molar-refractivity contribution in [3.63, 3.8) is 0 Å². The zero-order valence-corrected chi connectivity index (χ0v) is 18.4. The van der Waals surface area contributed by atoms with E-state index in [0.717, 1.165) is 31.7 Å². The Kier molecular flexibility index (Phi) is 7.10. The Balaban J connectivity index is 1.62. The van der Waals surface area contributed by atoms with Crippen molar-refractivity contribution in [1.82, 2.24) is 14.5 Å². The van der Waals surface area contributed by atoms with E-state index in [1.165, 1.54) is 22.9 Å². The average Bonchev–Trinajstić information content (AvgIpc) is 2.74. The molecule has 0 aromatic heterocycles. The summed E-state index contributed by atoms with van der Waals surface area (Å²) in [5.41, 5.74) is 0.231. The van der Waals surface area contributed by atoms with E-state index in [4.69, 9.17) is 0 Å². The number of rotatable bonds is 6. The van der Waals surface area contributed by atoms with Gasteiger partial charge in [-0.2, -0.15) is 4.31 Å². The maximum Gasteiger partial charge on any atom is 0.270 e. The van der Waals surface area contributed by atoms with Gasteiger partial charge in [0.05, 0.1) is 15.9 Å². The first-order valence-corrected chi connectivity index (χ1v) is 11.9. The molecule has 3 rings (SSSR count). The average molecular weight is 439 g/mol. The molecule has 1 N–H and O–H groups in total. The Morgan fingerprint density at radius 3 is 2.40 bits per heavy atom. The number of nitrogens with one attached hydrogen (secondary N) is 1. The Bertz CT molecular complexity index is 890. The molecule has 2 aliphatic rings. The Morgan fingerprint density at radius 2 is 1.80 bits per heavy atom. The molecule has 9 nitrogen and oxygen atoms in total. The van der Waals surface area contributed by atoms with Gasteiger partial charge < -0.3 is 5.32 Å². The summed E-state index contributed by atoms with van der Waals surface area (Å²) in [5, 5.41) is 14.2. The smallest absolute Gasteiger partial charge is 0.270 e. The van der Waals surface area contributed by atoms with Crippen molar-refractivity contribution in [2.75, 3.05) is 26.2 Å². The second kappa shape index (κ2) is 9.40. The molecule has 1 aromatic carbocycles. The molecule has 166 valence electrons. The number of carbonyl (C=O) groups excluding carboxylic acids is 1. The van der Waals surface area contributed by atoms with E-state index >= 15 is 0 Å². The molecular weight excluding hydrogens is 408 g/mol. The lowest BCUT2D eigenvalue weighted by Crippen LogP contribution is -2.56. The van der Waals surface area contributed by atoms with Crippen LogP contribution in [-0.4, -0.2) is 66.7 Å². The van der Waals surface area contributed by atoms with Crippen LogP contribution in [0.1, 0.15) is 44.6 Å². The van der Waals surface area contributed by atoms with Crippen molar-refractivity contribution in [1.29, 1.82) is 0 Å². The van der Waals surface area contributed by atoms with Crippen LogP contribution in [0.15, 0.2) is 23.1 Å². The lowest BCUT2D eigenvalue weighted by molar-refractivity contribution is -0.385. The molecule has 1 saturated heterocycles. The molecule has 1 saturated carbocycles. The van der Waals surface area contributed by atoms with E-state index < -0.39 is 14.9 Å². The van der Waals surface area contributed by atoms with Crippen LogP contribution in [0.3, 0.4) is 0 Å². The van der Waals surface area contributed by atoms with Crippen molar-refractivity contribution >= 4 is 21.6 Å². The van der Waals surface area contributed by atoms with Crippen LogP contribution in [0.25, 0.3) is 0 Å². The van der Waals surface area contributed by atoms with Gasteiger partial charge in [0.15, 0.2) is 0 Å². The first-order chi connectivity index (χ1) is 14.2. The number of nitro groups is 1. The number of benzene rings is 1. The zero-order chi connectivity index (χ0) is 21.9. The van der Waals surface area contributed by atoms with E-state index in [1.807, 2.05) is 11.8 Å². The van der Waals surface area contributed by atoms with Gasteiger partial charge in [0, 0.05) is 44.4 Å². The van der Waals surface area contributed by atoms with Crippen LogP contribution >= 0.6 is 0 Å². The first-order valence-electron chi connectivity index (χ1n) is 10.5. The van der Waals surface area contributed by atoms with E-state index in [9.17, 15) is 23.3 Å². The number of piperazine rings is 1. The van der Waals surface area contributed by atoms with E-state index in [2.05, 4.69) is 5.32 Å². The number of nitro benzene ring substituents is 1. The maximum atomic E-state index is 13.1. The SMILES string of the molecule is Cc1ccc([N+](=O)[O-])cc1S(=O)(=O)N1CCN(C(C)C(=O)NC2CCCCC2)CC1. The molecule has 10 heteroatoms. The highest BCUT2D eigenvalue weighted by Gasteiger charge is 2.33. The molecule has 1 aromatic rings. The quantitative estimate of drug-likeness (QED) is 0.537. The molecule has 1 heterocycles. The molecule has 0 spiro atoms. The van der Waals surface area contributed by atoms with E-state index in [1.54, 1.807) is 6.92 Å². The van der Waals surface area contributed by atoms with Gasteiger partial charge in [0.25, 0.3) is 5.69 Å². The predicted molar refractivity (Wildman–Crippen MR) is 113 cm³/mol. The normalized spacial score (nSPS) is 20.6. The summed E-state index contributed by atoms with van der Waals surface area (Å²) in [4.78, 5) is 25.0. The monoisotopic (exact) mass is 438 g/mol. The number of sulfonamides is 1. The van der Waals surface area contributed by atoms with Gasteiger partial charge in [-0.3, -0.25) is 19.8 Å². The molecule has 1 unspecified atom stereocenters. The molecule has 1 aliphatic carbocycles. The van der Waals surface area contributed by atoms with Crippen LogP contribution in [0.2, 0.25) is 0 Å². The van der Waals surface area contributed by atoms with Gasteiger partial charge in [-0.1, -0.05) is 25.3 Å². The minimum Gasteiger partial charge on any atom is -0.352 e. The topological polar surface area (TPSA) is 113 Å². The summed E-state index contributed by atoms with van der Waals surface area (Å²) >= 11 is 0. The van der Waals surface area contributed by atoms with Gasteiger partial charge in [0.1, 0.15) is 0 Å². The summed E-state index contributed by atoms with van der Waals surface area (Å²) in [6, 6.07) is 3.80. The number of aryl methyl sites for hydroxylation is 1. The molecule has 1 aliphatic heterocycles. The highest BCUT2D eigenvalue weighted by Crippen LogP contribution is 2.26. The summed E-state index contributed by atoms with van der Waals surface area (Å²) in [5.74, 6) is -0.00673. The summed E-state index contributed by atoms with van der Waals surface area (Å²) in [6.07, 6.45) is 5.56. The summed E-state index contributed by atoms with van der Waals surface area (Å²) < 4.78 is 27.5. The molecule has 0 radical (unpaired) electrons. The van der Waals surface area contributed by atoms with Crippen LogP contribution in [0.4, 0.5) is 5.69 Å². The third kappa shape index (κ3) is 4.98. The van der Waals surface area contributed by atoms with Crippen LogP contribution in [-0.2, 0) is 14.8 Å². The minimum absolute atomic E-state index is 0.00673. The standard InChI is InChI=1S/C20H30N4O5S/c1-15-8-9-18(24(26)27)14-19(15)30(28,29)23-12-10-22(11-13-23)16(2)20(25)21-17-6-4-3-5-7-17/h8-9,14,16-17H,3-7,10-13H2,1-2H3,(H,21,25). The van der Waals surface area contributed by atoms with Gasteiger partial charge >= 0.3 is 0 Å². The number of carbonyl (C=O) groups is 1. The Labute approximate surface area is 177 Å². The van der Waals surface area contributed by atoms with E-state index in [0.29, 0.717) is 18.7 Å². The van der Waals surface area contributed by atoms with Gasteiger partial charge in [-0.25, -0.2) is 8.42 Å². The summed E-state index contributed by atoms with van der Waals surface area (Å²) in [7, 11) is -3.84. The highest BCUT2D eigenvalue weighted by molar-refractivity contribution is 7.89. The number of nitrogens with zero attached hydrogens (tertiary/aromatic N) is 3. The lowest BCUT2D eigenvalue weighted by atomic mass is 9.95. The van der Waals surface area contributed by atoms with Gasteiger partial charge in [0.2, 0.25) is 15.9 Å². The zero-order valence-electron chi connectivity index (χ0n) is 17.5. The third-order valence-corrected chi connectivity index (χ3v) is 8.19. The van der Waals surface area contributed by atoms with Crippen molar-refractivity contribution in [2.45, 2.75) is 62.9 Å². The molecule has 1 atom stereocenters. The lowest BCUT2D eigenvalue weighted by Gasteiger charge is -2.37. The number of hydrogen-bond donors (Lipinski definition) is 1. The van der Waals surface area contributed by atoms with Crippen molar-refractivity contribution in [2.24, 2.45) is 0 Å². The fraction of sp³-hybridized carbons (Fsp3) is 0.650. The largest absolute Gasteiger partial charge is 0.352 e. The number of amides is 1. The summed E-state index contributed by atoms with van der Waals surface area (Å²) in [6.45, 7) is 4.84. The van der Waals surface area contributed by atoms with Crippen molar-refractivity contribution in [3.8, 4) is 0 Å². The van der Waals surface area contributed by atoms with Crippen LogP contribution < -0.4 is 5.32 Å². The Hall–Kier alpha value is -2.04. The second-order valence-electron chi connectivity index (χ2n) is 8.17. The third-order valence-electron chi connectivity index (χ3n) is 6.15. The molecule has 30 heavy (non-hydrogen) atoms. The fourth-order valence-corrected chi connectivity index (χ4v) is 5.85. The van der Waals surface area contributed by atoms with Crippen molar-refractivity contribution < 1.29 is 18.1 Å². The molecule has 1 amide bonds. The number of hydrogen-bond acceptors (Lipinski definition) is 6. The highest BCUT2D eigenvalue weighted by atomic mass is 32.2. The van der Waals surface area contributed by atoms with E-state index in [-0.39, 0.29) is 41.7 Å². The fourth-order valence-electron chi connectivity index (χ4n) is 4.19. The van der Waals surface area contributed by atoms with Crippen LogP contribution in [0, 0.1) is 17.0 Å². The molecular formula is C20H30N4O5S. The van der Waals surface area contributed by atoms with Gasteiger partial charge in [-0.05, 0) is 32.3 Å². The molecule has 2 fully saturated rings. The molecule has 0 bridgehead atoms. The minimum atomic E-state index is -3.84. The maximum absolute atomic E-state index is 13.1. The van der Waals surface area contributed by atoms with Gasteiger partial charge in [-0.15, -0.1) is 0 Å². The number of non-ortho nitro benzene ring substituents is 1. The van der Waals surface area contributed by atoms with Crippen LogP contribution in [0.5, 0.6) is 0 Å². The van der Waals surface area contributed by atoms with Crippen molar-refractivity contribution in [3.05, 3.63) is 33.9 Å². The Morgan fingerprint density at radius 1 is 1.17 bits per heavy atom. The predicted octanol–water partition coefficient (Wildman–Crippen LogP) is 2.05. The second-order valence-corrected chi connectivity index (χ2v) is 10.1.